The Morgan fingerprint density at radius 3 is 2.33 bits per heavy atom. The van der Waals surface area contributed by atoms with Crippen molar-refractivity contribution in [3.8, 4) is 0 Å². The van der Waals surface area contributed by atoms with Gasteiger partial charge in [0, 0.05) is 18.0 Å². The minimum atomic E-state index is -4.37. The van der Waals surface area contributed by atoms with Crippen LogP contribution in [0.2, 0.25) is 0 Å². The number of hydrogen-bond acceptors (Lipinski definition) is 2. The number of benzene rings is 1. The van der Waals surface area contributed by atoms with E-state index in [1.165, 1.54) is 19.1 Å². The predicted octanol–water partition coefficient (Wildman–Crippen LogP) is 3.12. The second-order valence-electron chi connectivity index (χ2n) is 3.97. The van der Waals surface area contributed by atoms with Crippen molar-refractivity contribution in [2.75, 3.05) is 0 Å². The highest BCUT2D eigenvalue weighted by atomic mass is 19.4. The van der Waals surface area contributed by atoms with E-state index in [0.29, 0.717) is 0 Å². The highest BCUT2D eigenvalue weighted by Crippen LogP contribution is 2.29. The maximum Gasteiger partial charge on any atom is 0.389 e. The summed E-state index contributed by atoms with van der Waals surface area (Å²) in [5.74, 6) is 2.85. The lowest BCUT2D eigenvalue weighted by atomic mass is 10.00. The Morgan fingerprint density at radius 1 is 1.22 bits per heavy atom. The minimum absolute atomic E-state index is 0.0860. The third-order valence-corrected chi connectivity index (χ3v) is 2.60. The van der Waals surface area contributed by atoms with Crippen molar-refractivity contribution in [3.63, 3.8) is 0 Å². The number of nitrogens with one attached hydrogen (secondary N) is 1. The molecule has 0 bridgehead atoms. The molecule has 1 rings (SSSR count). The number of hydrazine groups is 1. The van der Waals surface area contributed by atoms with Crippen LogP contribution in [0.25, 0.3) is 0 Å². The zero-order chi connectivity index (χ0) is 13.9. The minimum Gasteiger partial charge on any atom is -0.271 e. The molecular weight excluding hydrogens is 255 g/mol. The Labute approximate surface area is 101 Å². The van der Waals surface area contributed by atoms with E-state index in [1.807, 2.05) is 0 Å². The number of alkyl halides is 3. The van der Waals surface area contributed by atoms with Gasteiger partial charge in [-0.05, 0) is 18.9 Å². The smallest absolute Gasteiger partial charge is 0.271 e. The quantitative estimate of drug-likeness (QED) is 0.500. The van der Waals surface area contributed by atoms with Gasteiger partial charge in [-0.3, -0.25) is 11.3 Å². The normalized spacial score (nSPS) is 13.7. The summed E-state index contributed by atoms with van der Waals surface area (Å²) >= 11 is 0. The Bertz CT molecular complexity index is 417. The van der Waals surface area contributed by atoms with Crippen molar-refractivity contribution in [2.45, 2.75) is 32.0 Å². The Balaban J connectivity index is 2.92. The van der Waals surface area contributed by atoms with E-state index in [9.17, 15) is 22.0 Å². The molecule has 3 N–H and O–H groups in total. The fourth-order valence-electron chi connectivity index (χ4n) is 1.57. The zero-order valence-electron chi connectivity index (χ0n) is 9.61. The number of rotatable bonds is 4. The van der Waals surface area contributed by atoms with Gasteiger partial charge in [0.2, 0.25) is 0 Å². The van der Waals surface area contributed by atoms with Crippen LogP contribution in [0.4, 0.5) is 22.0 Å². The fourth-order valence-corrected chi connectivity index (χ4v) is 1.57. The first-order chi connectivity index (χ1) is 8.26. The van der Waals surface area contributed by atoms with Crippen LogP contribution in [0.3, 0.4) is 0 Å². The van der Waals surface area contributed by atoms with Gasteiger partial charge in [-0.2, -0.15) is 13.2 Å². The first-order valence-electron chi connectivity index (χ1n) is 5.23. The summed E-state index contributed by atoms with van der Waals surface area (Å²) in [6.45, 7) is 1.36. The van der Waals surface area contributed by atoms with Crippen molar-refractivity contribution in [3.05, 3.63) is 34.9 Å². The first kappa shape index (κ1) is 14.8. The maximum atomic E-state index is 13.6. The zero-order valence-corrected chi connectivity index (χ0v) is 9.61. The lowest BCUT2D eigenvalue weighted by Gasteiger charge is -2.18. The lowest BCUT2D eigenvalue weighted by Crippen LogP contribution is -2.30. The van der Waals surface area contributed by atoms with E-state index in [-0.39, 0.29) is 11.1 Å². The van der Waals surface area contributed by atoms with E-state index in [0.717, 1.165) is 0 Å². The van der Waals surface area contributed by atoms with Gasteiger partial charge in [0.1, 0.15) is 0 Å². The van der Waals surface area contributed by atoms with Crippen LogP contribution in [-0.2, 0) is 0 Å². The molecule has 0 aliphatic carbocycles. The number of halogens is 5. The average molecular weight is 268 g/mol. The summed E-state index contributed by atoms with van der Waals surface area (Å²) in [6.07, 6.45) is -5.95. The molecule has 0 radical (unpaired) electrons. The van der Waals surface area contributed by atoms with Gasteiger partial charge in [-0.25, -0.2) is 8.78 Å². The summed E-state index contributed by atoms with van der Waals surface area (Å²) < 4.78 is 63.1. The molecule has 7 heteroatoms. The monoisotopic (exact) mass is 268 g/mol. The fraction of sp³-hybridized carbons (Fsp3) is 0.455. The molecule has 1 aromatic carbocycles. The van der Waals surface area contributed by atoms with Gasteiger partial charge in [-0.1, -0.05) is 12.1 Å². The van der Waals surface area contributed by atoms with Crippen molar-refractivity contribution in [2.24, 2.45) is 5.84 Å². The third kappa shape index (κ3) is 3.64. The molecule has 102 valence electrons. The Kier molecular flexibility index (Phi) is 4.64. The molecule has 0 aromatic heterocycles. The van der Waals surface area contributed by atoms with Gasteiger partial charge in [0.25, 0.3) is 0 Å². The standard InChI is InChI=1S/C11H13F5N2/c1-6-2-3-7(10(13)9(6)12)8(18-17)4-5-11(14,15)16/h2-3,8,18H,4-5,17H2,1H3. The molecule has 1 atom stereocenters. The van der Waals surface area contributed by atoms with E-state index < -0.39 is 36.7 Å². The highest BCUT2D eigenvalue weighted by molar-refractivity contribution is 5.27. The highest BCUT2D eigenvalue weighted by Gasteiger charge is 2.29. The lowest BCUT2D eigenvalue weighted by molar-refractivity contribution is -0.136. The average Bonchev–Trinajstić information content (AvgIpc) is 2.28. The summed E-state index contributed by atoms with van der Waals surface area (Å²) in [5.41, 5.74) is 1.95. The van der Waals surface area contributed by atoms with E-state index in [1.54, 1.807) is 0 Å². The van der Waals surface area contributed by atoms with Crippen molar-refractivity contribution >= 4 is 0 Å². The van der Waals surface area contributed by atoms with Gasteiger partial charge in [-0.15, -0.1) is 0 Å². The van der Waals surface area contributed by atoms with Crippen molar-refractivity contribution in [1.82, 2.24) is 5.43 Å². The molecular formula is C11H13F5N2. The third-order valence-electron chi connectivity index (χ3n) is 2.60. The van der Waals surface area contributed by atoms with E-state index >= 15 is 0 Å². The molecule has 1 unspecified atom stereocenters. The summed E-state index contributed by atoms with van der Waals surface area (Å²) in [7, 11) is 0. The molecule has 1 aromatic rings. The first-order valence-corrected chi connectivity index (χ1v) is 5.23. The second-order valence-corrected chi connectivity index (χ2v) is 3.97. The van der Waals surface area contributed by atoms with Gasteiger partial charge < -0.3 is 0 Å². The predicted molar refractivity (Wildman–Crippen MR) is 56.4 cm³/mol. The van der Waals surface area contributed by atoms with Crippen LogP contribution < -0.4 is 11.3 Å². The van der Waals surface area contributed by atoms with Gasteiger partial charge >= 0.3 is 6.18 Å². The number of nitrogens with two attached hydrogens (primary N) is 1. The molecule has 0 fully saturated rings. The molecule has 0 aliphatic rings. The van der Waals surface area contributed by atoms with Crippen LogP contribution in [0, 0.1) is 18.6 Å². The van der Waals surface area contributed by atoms with Gasteiger partial charge in [0.15, 0.2) is 11.6 Å². The van der Waals surface area contributed by atoms with Crippen LogP contribution in [0.5, 0.6) is 0 Å². The molecule has 0 heterocycles. The van der Waals surface area contributed by atoms with Gasteiger partial charge in [0.05, 0.1) is 0 Å². The Hall–Kier alpha value is -1.21. The number of aryl methyl sites for hydroxylation is 1. The van der Waals surface area contributed by atoms with Crippen molar-refractivity contribution < 1.29 is 22.0 Å². The molecule has 0 spiro atoms. The molecule has 0 saturated carbocycles. The molecule has 2 nitrogen and oxygen atoms in total. The van der Waals surface area contributed by atoms with Crippen LogP contribution in [-0.4, -0.2) is 6.18 Å². The Morgan fingerprint density at radius 2 is 1.83 bits per heavy atom. The van der Waals surface area contributed by atoms with E-state index in [2.05, 4.69) is 5.43 Å². The maximum absolute atomic E-state index is 13.6. The van der Waals surface area contributed by atoms with Crippen LogP contribution in [0.15, 0.2) is 12.1 Å². The SMILES string of the molecule is Cc1ccc(C(CCC(F)(F)F)NN)c(F)c1F. The summed E-state index contributed by atoms with van der Waals surface area (Å²) in [4.78, 5) is 0. The topological polar surface area (TPSA) is 38.0 Å². The summed E-state index contributed by atoms with van der Waals surface area (Å²) in [6, 6.07) is 1.45. The molecule has 0 aliphatic heterocycles. The molecule has 0 amide bonds. The molecule has 0 saturated heterocycles. The van der Waals surface area contributed by atoms with Crippen LogP contribution in [0.1, 0.15) is 30.0 Å². The summed E-state index contributed by atoms with van der Waals surface area (Å²) in [5, 5.41) is 0. The van der Waals surface area contributed by atoms with Crippen molar-refractivity contribution in [1.29, 1.82) is 0 Å². The second kappa shape index (κ2) is 5.62. The molecule has 18 heavy (non-hydrogen) atoms. The number of hydrogen-bond donors (Lipinski definition) is 2. The largest absolute Gasteiger partial charge is 0.389 e. The van der Waals surface area contributed by atoms with E-state index in [4.69, 9.17) is 5.84 Å². The van der Waals surface area contributed by atoms with Crippen LogP contribution >= 0.6 is 0 Å².